The Morgan fingerprint density at radius 3 is 2.37 bits per heavy atom. The van der Waals surface area contributed by atoms with Crippen molar-refractivity contribution < 1.29 is 31.5 Å². The molecule has 106 valence electrons. The van der Waals surface area contributed by atoms with Crippen LogP contribution in [0.2, 0.25) is 0 Å². The van der Waals surface area contributed by atoms with Crippen LogP contribution in [0.5, 0.6) is 0 Å². The summed E-state index contributed by atoms with van der Waals surface area (Å²) in [5.74, 6) is -1.98. The second-order valence-corrected chi connectivity index (χ2v) is 5.58. The Hall–Kier alpha value is -1.77. The van der Waals surface area contributed by atoms with Gasteiger partial charge in [0.05, 0.1) is 22.6 Å². The molecule has 0 saturated heterocycles. The molecule has 0 aliphatic heterocycles. The smallest absolute Gasteiger partial charge is 0.416 e. The van der Waals surface area contributed by atoms with E-state index in [0.29, 0.717) is 12.1 Å². The van der Waals surface area contributed by atoms with Gasteiger partial charge in [0.1, 0.15) is 0 Å². The number of carboxylic acid groups (broad SMARTS) is 1. The van der Waals surface area contributed by atoms with E-state index < -0.39 is 39.0 Å². The predicted octanol–water partition coefficient (Wildman–Crippen LogP) is 2.17. The molecule has 0 spiro atoms. The van der Waals surface area contributed by atoms with Crippen molar-refractivity contribution in [3.8, 4) is 0 Å². The molecular formula is C10H10F3NO4S. The van der Waals surface area contributed by atoms with E-state index in [0.717, 1.165) is 6.07 Å². The van der Waals surface area contributed by atoms with E-state index in [9.17, 15) is 26.4 Å². The van der Waals surface area contributed by atoms with Crippen molar-refractivity contribution in [1.29, 1.82) is 0 Å². The van der Waals surface area contributed by atoms with E-state index in [2.05, 4.69) is 0 Å². The summed E-state index contributed by atoms with van der Waals surface area (Å²) in [5, 5.41) is 8.82. The molecule has 0 fully saturated rings. The molecule has 9 heteroatoms. The predicted molar refractivity (Wildman–Crippen MR) is 61.5 cm³/mol. The number of hydrogen-bond donors (Lipinski definition) is 2. The molecule has 0 aliphatic carbocycles. The molecule has 5 nitrogen and oxygen atoms in total. The minimum atomic E-state index is -4.70. The van der Waals surface area contributed by atoms with Crippen LogP contribution in [-0.4, -0.2) is 25.2 Å². The van der Waals surface area contributed by atoms with Gasteiger partial charge in [0.2, 0.25) is 10.0 Å². The number of alkyl halides is 3. The SMILES string of the molecule is CCS(=O)(=O)Nc1ccc(C(F)(F)F)cc1C(=O)O. The highest BCUT2D eigenvalue weighted by Gasteiger charge is 2.32. The molecule has 0 saturated carbocycles. The van der Waals surface area contributed by atoms with Crippen molar-refractivity contribution in [3.05, 3.63) is 29.3 Å². The quantitative estimate of drug-likeness (QED) is 0.892. The lowest BCUT2D eigenvalue weighted by molar-refractivity contribution is -0.137. The highest BCUT2D eigenvalue weighted by Crippen LogP contribution is 2.32. The zero-order valence-electron chi connectivity index (χ0n) is 9.65. The van der Waals surface area contributed by atoms with Gasteiger partial charge >= 0.3 is 12.1 Å². The van der Waals surface area contributed by atoms with Crippen LogP contribution in [0, 0.1) is 0 Å². The van der Waals surface area contributed by atoms with E-state index in [1.807, 2.05) is 4.72 Å². The summed E-state index contributed by atoms with van der Waals surface area (Å²) in [4.78, 5) is 10.9. The monoisotopic (exact) mass is 297 g/mol. The number of halogens is 3. The van der Waals surface area contributed by atoms with Crippen molar-refractivity contribution in [2.75, 3.05) is 10.5 Å². The first-order valence-corrected chi connectivity index (χ1v) is 6.67. The summed E-state index contributed by atoms with van der Waals surface area (Å²) < 4.78 is 61.8. The van der Waals surface area contributed by atoms with Crippen LogP contribution in [0.3, 0.4) is 0 Å². The van der Waals surface area contributed by atoms with Gasteiger partial charge in [0.25, 0.3) is 0 Å². The Kier molecular flexibility index (Phi) is 4.09. The minimum absolute atomic E-state index is 0.326. The Bertz CT molecular complexity index is 595. The number of anilines is 1. The average molecular weight is 297 g/mol. The maximum Gasteiger partial charge on any atom is 0.416 e. The Balaban J connectivity index is 3.32. The third-order valence-electron chi connectivity index (χ3n) is 2.22. The van der Waals surface area contributed by atoms with Gasteiger partial charge in [-0.05, 0) is 25.1 Å². The van der Waals surface area contributed by atoms with Crippen molar-refractivity contribution >= 4 is 21.7 Å². The number of carbonyl (C=O) groups is 1. The number of aromatic carboxylic acids is 1. The lowest BCUT2D eigenvalue weighted by atomic mass is 10.1. The zero-order chi connectivity index (χ0) is 14.8. The molecule has 0 heterocycles. The van der Waals surface area contributed by atoms with Gasteiger partial charge in [0.15, 0.2) is 0 Å². The third kappa shape index (κ3) is 3.85. The van der Waals surface area contributed by atoms with Crippen LogP contribution in [0.25, 0.3) is 0 Å². The maximum atomic E-state index is 12.4. The summed E-state index contributed by atoms with van der Waals surface area (Å²) in [6.07, 6.45) is -4.70. The third-order valence-corrected chi connectivity index (χ3v) is 3.51. The fourth-order valence-electron chi connectivity index (χ4n) is 1.23. The molecule has 0 atom stereocenters. The number of benzene rings is 1. The van der Waals surface area contributed by atoms with Crippen LogP contribution in [0.15, 0.2) is 18.2 Å². The summed E-state index contributed by atoms with van der Waals surface area (Å²) in [6.45, 7) is 1.31. The van der Waals surface area contributed by atoms with Crippen molar-refractivity contribution in [2.24, 2.45) is 0 Å². The lowest BCUT2D eigenvalue weighted by Gasteiger charge is -2.12. The summed E-state index contributed by atoms with van der Waals surface area (Å²) in [6, 6.07) is 1.77. The molecule has 0 unspecified atom stereocenters. The van der Waals surface area contributed by atoms with Crippen LogP contribution >= 0.6 is 0 Å². The topological polar surface area (TPSA) is 83.5 Å². The van der Waals surface area contributed by atoms with Crippen LogP contribution in [0.4, 0.5) is 18.9 Å². The summed E-state index contributed by atoms with van der Waals surface area (Å²) in [7, 11) is -3.77. The van der Waals surface area contributed by atoms with Gasteiger partial charge in [-0.25, -0.2) is 13.2 Å². The fraction of sp³-hybridized carbons (Fsp3) is 0.300. The number of nitrogens with one attached hydrogen (secondary N) is 1. The largest absolute Gasteiger partial charge is 0.478 e. The normalized spacial score (nSPS) is 12.2. The molecule has 1 aromatic rings. The van der Waals surface area contributed by atoms with E-state index in [1.54, 1.807) is 0 Å². The number of carboxylic acids is 1. The highest BCUT2D eigenvalue weighted by molar-refractivity contribution is 7.92. The number of hydrogen-bond acceptors (Lipinski definition) is 3. The Morgan fingerprint density at radius 1 is 1.37 bits per heavy atom. The Morgan fingerprint density at radius 2 is 1.95 bits per heavy atom. The van der Waals surface area contributed by atoms with Crippen molar-refractivity contribution in [1.82, 2.24) is 0 Å². The first-order valence-electron chi connectivity index (χ1n) is 5.02. The summed E-state index contributed by atoms with van der Waals surface area (Å²) in [5.41, 5.74) is -2.32. The molecule has 19 heavy (non-hydrogen) atoms. The molecule has 0 bridgehead atoms. The molecule has 0 radical (unpaired) electrons. The number of rotatable bonds is 4. The molecule has 0 aliphatic rings. The van der Waals surface area contributed by atoms with E-state index >= 15 is 0 Å². The number of sulfonamides is 1. The van der Waals surface area contributed by atoms with Gasteiger partial charge in [-0.1, -0.05) is 0 Å². The fourth-order valence-corrected chi connectivity index (χ4v) is 1.88. The second-order valence-electron chi connectivity index (χ2n) is 3.57. The summed E-state index contributed by atoms with van der Waals surface area (Å²) >= 11 is 0. The van der Waals surface area contributed by atoms with Crippen molar-refractivity contribution in [3.63, 3.8) is 0 Å². The van der Waals surface area contributed by atoms with Crippen LogP contribution < -0.4 is 4.72 Å². The van der Waals surface area contributed by atoms with Gasteiger partial charge in [-0.2, -0.15) is 13.2 Å². The molecule has 1 rings (SSSR count). The zero-order valence-corrected chi connectivity index (χ0v) is 10.5. The van der Waals surface area contributed by atoms with E-state index in [4.69, 9.17) is 5.11 Å². The average Bonchev–Trinajstić information content (AvgIpc) is 2.27. The van der Waals surface area contributed by atoms with Crippen LogP contribution in [-0.2, 0) is 16.2 Å². The molecule has 2 N–H and O–H groups in total. The minimum Gasteiger partial charge on any atom is -0.478 e. The first-order chi connectivity index (χ1) is 8.57. The highest BCUT2D eigenvalue weighted by atomic mass is 32.2. The van der Waals surface area contributed by atoms with Gasteiger partial charge < -0.3 is 5.11 Å². The maximum absolute atomic E-state index is 12.4. The van der Waals surface area contributed by atoms with Gasteiger partial charge in [0, 0.05) is 0 Å². The van der Waals surface area contributed by atoms with E-state index in [1.165, 1.54) is 6.92 Å². The molecular weight excluding hydrogens is 287 g/mol. The Labute approximate surface area is 107 Å². The van der Waals surface area contributed by atoms with Crippen molar-refractivity contribution in [2.45, 2.75) is 13.1 Å². The molecule has 0 aromatic heterocycles. The van der Waals surface area contributed by atoms with Gasteiger partial charge in [-0.3, -0.25) is 4.72 Å². The lowest BCUT2D eigenvalue weighted by Crippen LogP contribution is -2.18. The standard InChI is InChI=1S/C10H10F3NO4S/c1-2-19(17,18)14-8-4-3-6(10(11,12)13)5-7(8)9(15)16/h3-5,14H,2H2,1H3,(H,15,16). The van der Waals surface area contributed by atoms with Gasteiger partial charge in [-0.15, -0.1) is 0 Å². The second kappa shape index (κ2) is 5.08. The molecule has 1 aromatic carbocycles. The molecule has 0 amide bonds. The van der Waals surface area contributed by atoms with Crippen LogP contribution in [0.1, 0.15) is 22.8 Å². The first kappa shape index (κ1) is 15.3. The van der Waals surface area contributed by atoms with E-state index in [-0.39, 0.29) is 5.75 Å².